The molecule has 0 radical (unpaired) electrons. The zero-order chi connectivity index (χ0) is 20.8. The van der Waals surface area contributed by atoms with Crippen LogP contribution in [0, 0.1) is 0 Å². The number of hydrogen-bond donors (Lipinski definition) is 0. The molecule has 0 saturated heterocycles. The van der Waals surface area contributed by atoms with Gasteiger partial charge in [0.2, 0.25) is 0 Å². The summed E-state index contributed by atoms with van der Waals surface area (Å²) in [4.78, 5) is 0.414. The van der Waals surface area contributed by atoms with Crippen molar-refractivity contribution in [2.75, 3.05) is 24.7 Å². The standard InChI is InChI=1S/C16H18O9S3.2Na/c17-26(15-7-3-1-5-13(15)24-9-11-27(18,19)20)16-8-4-2-6-14(16)25-10-12-28(21,22)23;;/h1-8H,9-12H2,(H,18,19,20)(H,21,22,23);;/q;2*+1/p-2. The van der Waals surface area contributed by atoms with Gasteiger partial charge in [0.25, 0.3) is 0 Å². The molecule has 9 nitrogen and oxygen atoms in total. The van der Waals surface area contributed by atoms with Gasteiger partial charge in [0, 0.05) is 11.2 Å². The van der Waals surface area contributed by atoms with E-state index in [1.54, 1.807) is 24.3 Å². The van der Waals surface area contributed by atoms with Crippen LogP contribution in [-0.4, -0.2) is 55.2 Å². The summed E-state index contributed by atoms with van der Waals surface area (Å²) < 4.78 is 87.8. The van der Waals surface area contributed by atoms with E-state index in [1.807, 2.05) is 0 Å². The summed E-state index contributed by atoms with van der Waals surface area (Å²) in [5.74, 6) is -1.22. The van der Waals surface area contributed by atoms with Gasteiger partial charge in [-0.2, -0.15) is 0 Å². The van der Waals surface area contributed by atoms with Crippen LogP contribution in [0.15, 0.2) is 58.3 Å². The minimum absolute atomic E-state index is 0. The van der Waals surface area contributed by atoms with Crippen molar-refractivity contribution in [2.24, 2.45) is 0 Å². The first kappa shape index (κ1) is 30.2. The van der Waals surface area contributed by atoms with Crippen molar-refractivity contribution in [2.45, 2.75) is 9.79 Å². The van der Waals surface area contributed by atoms with Gasteiger partial charge >= 0.3 is 59.1 Å². The molecule has 0 aliphatic rings. The monoisotopic (exact) mass is 494 g/mol. The predicted octanol–water partition coefficient (Wildman–Crippen LogP) is -5.29. The molecular formula is C16H16Na2O9S3. The predicted molar refractivity (Wildman–Crippen MR) is 97.7 cm³/mol. The van der Waals surface area contributed by atoms with E-state index in [2.05, 4.69) is 0 Å². The summed E-state index contributed by atoms with van der Waals surface area (Å²) in [6, 6.07) is 12.3. The zero-order valence-corrected chi connectivity index (χ0v) is 22.8. The maximum Gasteiger partial charge on any atom is 1.00 e. The van der Waals surface area contributed by atoms with E-state index in [4.69, 9.17) is 9.47 Å². The van der Waals surface area contributed by atoms with Gasteiger partial charge in [-0.05, 0) is 24.3 Å². The Balaban J connectivity index is 0.00000420. The van der Waals surface area contributed by atoms with Crippen molar-refractivity contribution < 1.29 is 99.1 Å². The summed E-state index contributed by atoms with van der Waals surface area (Å²) in [6.07, 6.45) is 0. The van der Waals surface area contributed by atoms with Crippen molar-refractivity contribution in [3.63, 3.8) is 0 Å². The van der Waals surface area contributed by atoms with Crippen molar-refractivity contribution >= 4 is 31.4 Å². The maximum absolute atomic E-state index is 13.0. The van der Waals surface area contributed by atoms with Crippen LogP contribution in [0.25, 0.3) is 0 Å². The fourth-order valence-corrected chi connectivity index (χ4v) is 3.91. The fraction of sp³-hybridized carbons (Fsp3) is 0.250. The Bertz CT molecular complexity index is 933. The summed E-state index contributed by atoms with van der Waals surface area (Å²) in [6.45, 7) is -0.806. The summed E-state index contributed by atoms with van der Waals surface area (Å²) in [5.41, 5.74) is 0. The Labute approximate surface area is 222 Å². The first-order valence-corrected chi connectivity index (χ1v) is 12.1. The SMILES string of the molecule is O=S(=O)([O-])CCOc1ccccc1[S+]([O-])c1ccccc1OCCS(=O)(=O)[O-].[Na+].[Na+]. The molecular weight excluding hydrogens is 478 g/mol. The summed E-state index contributed by atoms with van der Waals surface area (Å²) in [7, 11) is -8.91. The van der Waals surface area contributed by atoms with Crippen LogP contribution in [0.3, 0.4) is 0 Å². The van der Waals surface area contributed by atoms with Gasteiger partial charge in [-0.25, -0.2) is 16.8 Å². The van der Waals surface area contributed by atoms with Crippen molar-refractivity contribution in [1.82, 2.24) is 0 Å². The first-order valence-electron chi connectivity index (χ1n) is 7.79. The Morgan fingerprint density at radius 1 is 0.700 bits per heavy atom. The molecule has 2 aromatic rings. The average Bonchev–Trinajstić information content (AvgIpc) is 2.60. The van der Waals surface area contributed by atoms with Gasteiger partial charge in [-0.1, -0.05) is 24.3 Å². The molecule has 0 spiro atoms. The molecule has 0 aliphatic heterocycles. The molecule has 0 aromatic heterocycles. The van der Waals surface area contributed by atoms with Crippen LogP contribution in [-0.2, 0) is 31.4 Å². The van der Waals surface area contributed by atoms with Crippen molar-refractivity contribution in [1.29, 1.82) is 0 Å². The third-order valence-corrected chi connectivity index (χ3v) is 6.09. The van der Waals surface area contributed by atoms with Gasteiger partial charge in [-0.3, -0.25) is 0 Å². The van der Waals surface area contributed by atoms with Crippen molar-refractivity contribution in [3.05, 3.63) is 48.5 Å². The molecule has 0 saturated carbocycles. The van der Waals surface area contributed by atoms with Crippen LogP contribution in [0.4, 0.5) is 0 Å². The largest absolute Gasteiger partial charge is 1.00 e. The van der Waals surface area contributed by atoms with Crippen molar-refractivity contribution in [3.8, 4) is 11.5 Å². The normalized spacial score (nSPS) is 11.3. The molecule has 2 rings (SSSR count). The second-order valence-corrected chi connectivity index (χ2v) is 9.85. The minimum atomic E-state index is -4.45. The van der Waals surface area contributed by atoms with Crippen LogP contribution >= 0.6 is 0 Å². The number of benzene rings is 2. The first-order chi connectivity index (χ1) is 13.1. The van der Waals surface area contributed by atoms with E-state index in [9.17, 15) is 30.5 Å². The van der Waals surface area contributed by atoms with E-state index in [0.717, 1.165) is 0 Å². The van der Waals surface area contributed by atoms with Crippen LogP contribution in [0.5, 0.6) is 11.5 Å². The van der Waals surface area contributed by atoms with E-state index in [-0.39, 0.29) is 80.4 Å². The molecule has 0 fully saturated rings. The molecule has 154 valence electrons. The molecule has 2 aromatic carbocycles. The smallest absolute Gasteiger partial charge is 0.748 e. The van der Waals surface area contributed by atoms with Crippen LogP contribution in [0.2, 0.25) is 0 Å². The number of ether oxygens (including phenoxy) is 2. The molecule has 0 heterocycles. The van der Waals surface area contributed by atoms with Gasteiger partial charge < -0.3 is 23.1 Å². The zero-order valence-electron chi connectivity index (χ0n) is 16.3. The Hall–Kier alpha value is 0.170. The third-order valence-electron chi connectivity index (χ3n) is 3.28. The summed E-state index contributed by atoms with van der Waals surface area (Å²) >= 11 is -1.82. The minimum Gasteiger partial charge on any atom is -0.748 e. The van der Waals surface area contributed by atoms with Crippen LogP contribution < -0.4 is 68.6 Å². The fourth-order valence-electron chi connectivity index (χ4n) is 2.07. The van der Waals surface area contributed by atoms with E-state index < -0.39 is 56.1 Å². The molecule has 0 amide bonds. The number of para-hydroxylation sites is 2. The third kappa shape index (κ3) is 10.7. The summed E-state index contributed by atoms with van der Waals surface area (Å²) in [5, 5.41) is 0. The van der Waals surface area contributed by atoms with E-state index in [1.165, 1.54) is 24.3 Å². The maximum atomic E-state index is 13.0. The van der Waals surface area contributed by atoms with Gasteiger partial charge in [-0.15, -0.1) is 0 Å². The molecule has 0 bridgehead atoms. The topological polar surface area (TPSA) is 156 Å². The van der Waals surface area contributed by atoms with Gasteiger partial charge in [0.15, 0.2) is 21.3 Å². The second-order valence-electron chi connectivity index (χ2n) is 5.38. The molecule has 0 aliphatic carbocycles. The molecule has 0 unspecified atom stereocenters. The number of hydrogen-bond acceptors (Lipinski definition) is 9. The molecule has 14 heteroatoms. The Morgan fingerprint density at radius 2 is 1.03 bits per heavy atom. The van der Waals surface area contributed by atoms with Gasteiger partial charge in [0.05, 0.1) is 31.7 Å². The van der Waals surface area contributed by atoms with Crippen LogP contribution in [0.1, 0.15) is 0 Å². The molecule has 30 heavy (non-hydrogen) atoms. The van der Waals surface area contributed by atoms with Gasteiger partial charge in [0.1, 0.15) is 13.2 Å². The molecule has 0 atom stereocenters. The quantitative estimate of drug-likeness (QED) is 0.179. The van der Waals surface area contributed by atoms with E-state index >= 15 is 0 Å². The molecule has 0 N–H and O–H groups in total. The number of rotatable bonds is 10. The second kappa shape index (κ2) is 13.7. The Kier molecular flexibility index (Phi) is 13.7. The Morgan fingerprint density at radius 3 is 1.37 bits per heavy atom. The van der Waals surface area contributed by atoms with E-state index in [0.29, 0.717) is 0 Å². The average molecular weight is 494 g/mol.